The molecule has 7 heteroatoms. The number of amides is 1. The predicted molar refractivity (Wildman–Crippen MR) is 115 cm³/mol. The molecule has 1 aliphatic rings. The second kappa shape index (κ2) is 9.75. The lowest BCUT2D eigenvalue weighted by molar-refractivity contribution is -0.858. The van der Waals surface area contributed by atoms with E-state index in [-0.39, 0.29) is 11.7 Å². The van der Waals surface area contributed by atoms with Crippen LogP contribution in [0.4, 0.5) is 0 Å². The Morgan fingerprint density at radius 2 is 1.90 bits per heavy atom. The predicted octanol–water partition coefficient (Wildman–Crippen LogP) is 0.627. The zero-order valence-corrected chi connectivity index (χ0v) is 18.4. The summed E-state index contributed by atoms with van der Waals surface area (Å²) in [4.78, 5) is 32.7. The molecule has 2 heterocycles. The number of nitrogens with zero attached hydrogens (tertiary/aromatic N) is 2. The molecule has 0 saturated carbocycles. The van der Waals surface area contributed by atoms with Gasteiger partial charge in [-0.25, -0.2) is 0 Å². The highest BCUT2D eigenvalue weighted by Gasteiger charge is 2.44. The number of rotatable bonds is 8. The van der Waals surface area contributed by atoms with Gasteiger partial charge in [0.2, 0.25) is 5.78 Å². The van der Waals surface area contributed by atoms with Gasteiger partial charge in [-0.15, -0.1) is 0 Å². The Balaban J connectivity index is 2.01. The van der Waals surface area contributed by atoms with Crippen molar-refractivity contribution in [1.29, 1.82) is 0 Å². The highest BCUT2D eigenvalue weighted by Crippen LogP contribution is 2.38. The van der Waals surface area contributed by atoms with Crippen LogP contribution in [0.1, 0.15) is 37.4 Å². The maximum Gasteiger partial charge on any atom is 0.295 e. The fraction of sp³-hybridized carbons (Fsp3) is 0.375. The number of pyridine rings is 1. The molecular formula is C24H29N3O4. The maximum absolute atomic E-state index is 13.3. The number of ketones is 1. The second-order valence-corrected chi connectivity index (χ2v) is 8.26. The van der Waals surface area contributed by atoms with Gasteiger partial charge < -0.3 is 19.6 Å². The van der Waals surface area contributed by atoms with Crippen LogP contribution in [0.25, 0.3) is 5.76 Å². The number of benzene rings is 1. The van der Waals surface area contributed by atoms with Gasteiger partial charge in [-0.05, 0) is 43.2 Å². The van der Waals surface area contributed by atoms with E-state index in [1.54, 1.807) is 48.8 Å². The third-order valence-electron chi connectivity index (χ3n) is 5.09. The van der Waals surface area contributed by atoms with Gasteiger partial charge >= 0.3 is 0 Å². The lowest BCUT2D eigenvalue weighted by atomic mass is 9.96. The van der Waals surface area contributed by atoms with E-state index in [9.17, 15) is 14.7 Å². The number of likely N-dealkylation sites (tertiary alicyclic amines) is 1. The number of quaternary nitrogens is 1. The van der Waals surface area contributed by atoms with E-state index in [2.05, 4.69) is 4.98 Å². The van der Waals surface area contributed by atoms with Gasteiger partial charge in [0.05, 0.1) is 32.8 Å². The van der Waals surface area contributed by atoms with Crippen LogP contribution < -0.4 is 14.7 Å². The number of aromatic nitrogens is 1. The Labute approximate surface area is 183 Å². The molecule has 0 spiro atoms. The quantitative estimate of drug-likeness (QED) is 0.382. The summed E-state index contributed by atoms with van der Waals surface area (Å²) in [5.41, 5.74) is 0.982. The zero-order chi connectivity index (χ0) is 22.5. The Morgan fingerprint density at radius 1 is 1.19 bits per heavy atom. The molecule has 1 amide bonds. The van der Waals surface area contributed by atoms with Gasteiger partial charge in [0.1, 0.15) is 5.75 Å². The Hall–Kier alpha value is -3.19. The van der Waals surface area contributed by atoms with Crippen molar-refractivity contribution in [3.8, 4) is 5.75 Å². The van der Waals surface area contributed by atoms with E-state index >= 15 is 0 Å². The van der Waals surface area contributed by atoms with E-state index < -0.39 is 23.5 Å². The van der Waals surface area contributed by atoms with Crippen molar-refractivity contribution in [3.05, 3.63) is 65.5 Å². The molecule has 31 heavy (non-hydrogen) atoms. The molecule has 0 aliphatic carbocycles. The number of hydrogen-bond donors (Lipinski definition) is 1. The molecule has 1 saturated heterocycles. The van der Waals surface area contributed by atoms with Gasteiger partial charge in [-0.1, -0.05) is 24.0 Å². The molecule has 1 aliphatic heterocycles. The molecule has 1 unspecified atom stereocenters. The molecule has 7 nitrogen and oxygen atoms in total. The third-order valence-corrected chi connectivity index (χ3v) is 5.09. The van der Waals surface area contributed by atoms with E-state index in [1.807, 2.05) is 27.9 Å². The second-order valence-electron chi connectivity index (χ2n) is 8.26. The SMILES string of the molecule is CC(C)Oc1ccc(/C([O-])=C2\C(=O)C(=O)N(CCC[NH+](C)C)C2c2cccnc2)cc1. The van der Waals surface area contributed by atoms with Crippen LogP contribution >= 0.6 is 0 Å². The average Bonchev–Trinajstić information content (AvgIpc) is 2.99. The Morgan fingerprint density at radius 3 is 2.48 bits per heavy atom. The van der Waals surface area contributed by atoms with Crippen molar-refractivity contribution in [2.75, 3.05) is 27.2 Å². The number of nitrogens with one attached hydrogen (secondary N) is 1. The van der Waals surface area contributed by atoms with Crippen LogP contribution in [0.5, 0.6) is 5.75 Å². The lowest BCUT2D eigenvalue weighted by Crippen LogP contribution is -3.05. The fourth-order valence-electron chi connectivity index (χ4n) is 3.70. The summed E-state index contributed by atoms with van der Waals surface area (Å²) in [5, 5.41) is 13.3. The van der Waals surface area contributed by atoms with Gasteiger partial charge in [-0.3, -0.25) is 14.6 Å². The van der Waals surface area contributed by atoms with E-state index in [0.717, 1.165) is 13.0 Å². The molecule has 1 aromatic carbocycles. The molecule has 164 valence electrons. The van der Waals surface area contributed by atoms with Crippen molar-refractivity contribution in [2.24, 2.45) is 0 Å². The molecule has 1 N–H and O–H groups in total. The van der Waals surface area contributed by atoms with Crippen molar-refractivity contribution < 1.29 is 24.3 Å². The van der Waals surface area contributed by atoms with Gasteiger partial charge in [0.15, 0.2) is 0 Å². The topological polar surface area (TPSA) is 87.0 Å². The van der Waals surface area contributed by atoms with Crippen LogP contribution in [0.3, 0.4) is 0 Å². The minimum atomic E-state index is -0.737. The van der Waals surface area contributed by atoms with Crippen LogP contribution in [0.2, 0.25) is 0 Å². The van der Waals surface area contributed by atoms with E-state index in [4.69, 9.17) is 4.74 Å². The standard InChI is InChI=1S/C24H29N3O4/c1-16(2)31-19-10-8-17(9-11-19)22(28)20-21(18-7-5-12-25-15-18)27(24(30)23(20)29)14-6-13-26(3)4/h5,7-12,15-16,21,28H,6,13-14H2,1-4H3/b22-20+. The van der Waals surface area contributed by atoms with Crippen LogP contribution in [-0.2, 0) is 9.59 Å². The molecule has 1 atom stereocenters. The first-order valence-electron chi connectivity index (χ1n) is 10.5. The summed E-state index contributed by atoms with van der Waals surface area (Å²) in [6, 6.07) is 9.46. The Kier molecular flexibility index (Phi) is 7.07. The van der Waals surface area contributed by atoms with Crippen LogP contribution in [0, 0.1) is 0 Å². The Bertz CT molecular complexity index is 953. The highest BCUT2D eigenvalue weighted by atomic mass is 16.5. The molecule has 2 aromatic rings. The lowest BCUT2D eigenvalue weighted by Gasteiger charge is -2.27. The fourth-order valence-corrected chi connectivity index (χ4v) is 3.70. The number of carbonyl (C=O) groups excluding carboxylic acids is 2. The first-order chi connectivity index (χ1) is 14.8. The summed E-state index contributed by atoms with van der Waals surface area (Å²) < 4.78 is 5.63. The maximum atomic E-state index is 13.3. The van der Waals surface area contributed by atoms with Crippen LogP contribution in [0.15, 0.2) is 54.4 Å². The van der Waals surface area contributed by atoms with E-state index in [0.29, 0.717) is 23.4 Å². The van der Waals surface area contributed by atoms with Gasteiger partial charge in [0.25, 0.3) is 5.91 Å². The van der Waals surface area contributed by atoms with Crippen molar-refractivity contribution in [2.45, 2.75) is 32.4 Å². The normalized spacial score (nSPS) is 18.3. The summed E-state index contributed by atoms with van der Waals surface area (Å²) >= 11 is 0. The van der Waals surface area contributed by atoms with Crippen molar-refractivity contribution >= 4 is 17.4 Å². The zero-order valence-electron chi connectivity index (χ0n) is 18.4. The minimum Gasteiger partial charge on any atom is -0.872 e. The molecule has 3 rings (SSSR count). The first kappa shape index (κ1) is 22.5. The summed E-state index contributed by atoms with van der Waals surface area (Å²) in [7, 11) is 4.06. The van der Waals surface area contributed by atoms with Crippen molar-refractivity contribution in [3.63, 3.8) is 0 Å². The molecule has 1 fully saturated rings. The largest absolute Gasteiger partial charge is 0.872 e. The summed E-state index contributed by atoms with van der Waals surface area (Å²) in [6.45, 7) is 5.08. The number of Topliss-reactive ketones (excluding diaryl/α,β-unsaturated/α-hetero) is 1. The van der Waals surface area contributed by atoms with Crippen LogP contribution in [-0.4, -0.2) is 54.9 Å². The highest BCUT2D eigenvalue weighted by molar-refractivity contribution is 6.46. The minimum absolute atomic E-state index is 0.0116. The number of ether oxygens (including phenoxy) is 1. The molecule has 1 aromatic heterocycles. The smallest absolute Gasteiger partial charge is 0.295 e. The van der Waals surface area contributed by atoms with Gasteiger partial charge in [0, 0.05) is 30.9 Å². The third kappa shape index (κ3) is 5.11. The molecule has 0 bridgehead atoms. The average molecular weight is 424 g/mol. The molecule has 0 radical (unpaired) electrons. The summed E-state index contributed by atoms with van der Waals surface area (Å²) in [6.07, 6.45) is 3.96. The number of hydrogen-bond acceptors (Lipinski definition) is 5. The summed E-state index contributed by atoms with van der Waals surface area (Å²) in [5.74, 6) is -1.17. The van der Waals surface area contributed by atoms with E-state index in [1.165, 1.54) is 9.80 Å². The number of carbonyl (C=O) groups is 2. The van der Waals surface area contributed by atoms with Crippen molar-refractivity contribution in [1.82, 2.24) is 9.88 Å². The first-order valence-corrected chi connectivity index (χ1v) is 10.5. The molecular weight excluding hydrogens is 394 g/mol. The van der Waals surface area contributed by atoms with Gasteiger partial charge in [-0.2, -0.15) is 0 Å². The monoisotopic (exact) mass is 423 g/mol.